The molecule has 124 valence electrons. The van der Waals surface area contributed by atoms with Crippen LogP contribution in [-0.4, -0.2) is 36.1 Å². The fourth-order valence-corrected chi connectivity index (χ4v) is 2.16. The molecule has 0 N–H and O–H groups in total. The molecule has 0 bridgehead atoms. The summed E-state index contributed by atoms with van der Waals surface area (Å²) in [6.45, 7) is 0.620. The minimum absolute atomic E-state index is 0.119. The van der Waals surface area contributed by atoms with Gasteiger partial charge < -0.3 is 14.4 Å². The molecule has 6 nitrogen and oxygen atoms in total. The van der Waals surface area contributed by atoms with Gasteiger partial charge in [0.15, 0.2) is 18.1 Å². The van der Waals surface area contributed by atoms with E-state index in [1.165, 1.54) is 0 Å². The number of rotatable bonds is 8. The summed E-state index contributed by atoms with van der Waals surface area (Å²) in [6, 6.07) is 12.9. The van der Waals surface area contributed by atoms with E-state index in [9.17, 15) is 4.79 Å². The number of hydrogen-bond donors (Lipinski definition) is 0. The van der Waals surface area contributed by atoms with Crippen LogP contribution in [0.25, 0.3) is 0 Å². The standard InChI is InChI=1S/C18H19N3O3/c1-23-16-7-2-3-8-17(16)24-14-18(22)21(11-5-9-19)13-15-6-4-10-20-12-15/h2-4,6-8,10,12H,5,11,13-14H2,1H3. The van der Waals surface area contributed by atoms with Crippen molar-refractivity contribution in [3.63, 3.8) is 0 Å². The predicted molar refractivity (Wildman–Crippen MR) is 88.4 cm³/mol. The number of hydrogen-bond acceptors (Lipinski definition) is 5. The number of pyridine rings is 1. The Kier molecular flexibility index (Phi) is 6.59. The van der Waals surface area contributed by atoms with Crippen molar-refractivity contribution >= 4 is 5.91 Å². The van der Waals surface area contributed by atoms with E-state index in [1.807, 2.05) is 24.3 Å². The van der Waals surface area contributed by atoms with Crippen LogP contribution >= 0.6 is 0 Å². The van der Waals surface area contributed by atoms with Crippen LogP contribution < -0.4 is 9.47 Å². The average molecular weight is 325 g/mol. The van der Waals surface area contributed by atoms with Gasteiger partial charge in [0.05, 0.1) is 19.6 Å². The van der Waals surface area contributed by atoms with Crippen molar-refractivity contribution in [3.8, 4) is 17.6 Å². The number of para-hydroxylation sites is 2. The number of nitrogens with zero attached hydrogens (tertiary/aromatic N) is 3. The Balaban J connectivity index is 2.00. The first-order valence-corrected chi connectivity index (χ1v) is 7.54. The van der Waals surface area contributed by atoms with Crippen LogP contribution in [0.4, 0.5) is 0 Å². The highest BCUT2D eigenvalue weighted by molar-refractivity contribution is 5.77. The zero-order valence-corrected chi connectivity index (χ0v) is 13.5. The summed E-state index contributed by atoms with van der Waals surface area (Å²) in [6.07, 6.45) is 3.64. The van der Waals surface area contributed by atoms with Crippen LogP contribution in [0.1, 0.15) is 12.0 Å². The molecule has 2 rings (SSSR count). The van der Waals surface area contributed by atoms with Gasteiger partial charge >= 0.3 is 0 Å². The Labute approximate surface area is 141 Å². The molecule has 0 aliphatic carbocycles. The minimum Gasteiger partial charge on any atom is -0.493 e. The van der Waals surface area contributed by atoms with Crippen molar-refractivity contribution in [2.45, 2.75) is 13.0 Å². The normalized spacial score (nSPS) is 9.83. The second kappa shape index (κ2) is 9.16. The number of carbonyl (C=O) groups excluding carboxylic acids is 1. The van der Waals surface area contributed by atoms with Gasteiger partial charge in [-0.3, -0.25) is 9.78 Å². The van der Waals surface area contributed by atoms with Crippen molar-refractivity contribution in [2.24, 2.45) is 0 Å². The average Bonchev–Trinajstić information content (AvgIpc) is 2.64. The maximum absolute atomic E-state index is 12.5. The largest absolute Gasteiger partial charge is 0.493 e. The highest BCUT2D eigenvalue weighted by Crippen LogP contribution is 2.25. The zero-order valence-electron chi connectivity index (χ0n) is 13.5. The summed E-state index contributed by atoms with van der Waals surface area (Å²) in [5.41, 5.74) is 0.904. The van der Waals surface area contributed by atoms with E-state index in [0.717, 1.165) is 5.56 Å². The Hall–Kier alpha value is -3.07. The van der Waals surface area contributed by atoms with Crippen molar-refractivity contribution in [1.29, 1.82) is 5.26 Å². The fraction of sp³-hybridized carbons (Fsp3) is 0.278. The van der Waals surface area contributed by atoms with Crippen molar-refractivity contribution < 1.29 is 14.3 Å². The first-order valence-electron chi connectivity index (χ1n) is 7.54. The van der Waals surface area contributed by atoms with Crippen LogP contribution in [0.3, 0.4) is 0 Å². The van der Waals surface area contributed by atoms with Crippen molar-refractivity contribution in [3.05, 3.63) is 54.4 Å². The van der Waals surface area contributed by atoms with E-state index in [-0.39, 0.29) is 18.9 Å². The molecule has 24 heavy (non-hydrogen) atoms. The lowest BCUT2D eigenvalue weighted by molar-refractivity contribution is -0.134. The molecule has 0 fully saturated rings. The molecule has 0 saturated carbocycles. The smallest absolute Gasteiger partial charge is 0.260 e. The summed E-state index contributed by atoms with van der Waals surface area (Å²) in [5, 5.41) is 8.79. The summed E-state index contributed by atoms with van der Waals surface area (Å²) in [7, 11) is 1.55. The highest BCUT2D eigenvalue weighted by Gasteiger charge is 2.15. The van der Waals surface area contributed by atoms with Crippen LogP contribution in [-0.2, 0) is 11.3 Å². The Morgan fingerprint density at radius 2 is 2.04 bits per heavy atom. The van der Waals surface area contributed by atoms with Gasteiger partial charge in [0.25, 0.3) is 5.91 Å². The van der Waals surface area contributed by atoms with Gasteiger partial charge in [0, 0.05) is 25.5 Å². The van der Waals surface area contributed by atoms with Crippen LogP contribution in [0.15, 0.2) is 48.8 Å². The van der Waals surface area contributed by atoms with E-state index in [2.05, 4.69) is 11.1 Å². The maximum atomic E-state index is 12.5. The number of amides is 1. The molecule has 1 aromatic carbocycles. The zero-order chi connectivity index (χ0) is 17.2. The number of benzene rings is 1. The van der Waals surface area contributed by atoms with E-state index < -0.39 is 0 Å². The van der Waals surface area contributed by atoms with Gasteiger partial charge in [-0.25, -0.2) is 0 Å². The number of ether oxygens (including phenoxy) is 2. The predicted octanol–water partition coefficient (Wildman–Crippen LogP) is 2.41. The topological polar surface area (TPSA) is 75.5 Å². The van der Waals surface area contributed by atoms with E-state index in [0.29, 0.717) is 24.6 Å². The molecule has 0 aliphatic rings. The van der Waals surface area contributed by atoms with Gasteiger partial charge in [-0.15, -0.1) is 0 Å². The summed E-state index contributed by atoms with van der Waals surface area (Å²) < 4.78 is 10.8. The molecule has 0 radical (unpaired) electrons. The monoisotopic (exact) mass is 325 g/mol. The van der Waals surface area contributed by atoms with Crippen molar-refractivity contribution in [1.82, 2.24) is 9.88 Å². The molecule has 1 amide bonds. The molecular weight excluding hydrogens is 306 g/mol. The van der Waals surface area contributed by atoms with Gasteiger partial charge in [-0.05, 0) is 23.8 Å². The Morgan fingerprint density at radius 3 is 2.71 bits per heavy atom. The van der Waals surface area contributed by atoms with Crippen LogP contribution in [0, 0.1) is 11.3 Å². The Bertz CT molecular complexity index is 698. The van der Waals surface area contributed by atoms with Gasteiger partial charge in [0.1, 0.15) is 0 Å². The molecule has 0 saturated heterocycles. The highest BCUT2D eigenvalue weighted by atomic mass is 16.5. The molecule has 0 atom stereocenters. The second-order valence-corrected chi connectivity index (χ2v) is 5.02. The minimum atomic E-state index is -0.194. The molecule has 2 aromatic rings. The molecule has 1 heterocycles. The van der Waals surface area contributed by atoms with Gasteiger partial charge in [-0.1, -0.05) is 18.2 Å². The van der Waals surface area contributed by atoms with E-state index >= 15 is 0 Å². The molecular formula is C18H19N3O3. The number of nitriles is 1. The van der Waals surface area contributed by atoms with Crippen molar-refractivity contribution in [2.75, 3.05) is 20.3 Å². The SMILES string of the molecule is COc1ccccc1OCC(=O)N(CCC#N)Cc1cccnc1. The third kappa shape index (κ3) is 4.99. The molecule has 0 unspecified atom stereocenters. The van der Waals surface area contributed by atoms with Gasteiger partial charge in [-0.2, -0.15) is 5.26 Å². The molecule has 6 heteroatoms. The fourth-order valence-electron chi connectivity index (χ4n) is 2.16. The van der Waals surface area contributed by atoms with E-state index in [1.54, 1.807) is 36.5 Å². The van der Waals surface area contributed by atoms with Gasteiger partial charge in [0.2, 0.25) is 0 Å². The van der Waals surface area contributed by atoms with Crippen LogP contribution in [0.5, 0.6) is 11.5 Å². The quantitative estimate of drug-likeness (QED) is 0.745. The van der Waals surface area contributed by atoms with E-state index in [4.69, 9.17) is 14.7 Å². The maximum Gasteiger partial charge on any atom is 0.260 e. The second-order valence-electron chi connectivity index (χ2n) is 5.02. The summed E-state index contributed by atoms with van der Waals surface area (Å²) >= 11 is 0. The number of carbonyl (C=O) groups is 1. The summed E-state index contributed by atoms with van der Waals surface area (Å²) in [5.74, 6) is 0.885. The molecule has 0 spiro atoms. The van der Waals surface area contributed by atoms with Crippen LogP contribution in [0.2, 0.25) is 0 Å². The number of methoxy groups -OCH3 is 1. The first-order chi connectivity index (χ1) is 11.7. The molecule has 1 aromatic heterocycles. The third-order valence-electron chi connectivity index (χ3n) is 3.36. The third-order valence-corrected chi connectivity index (χ3v) is 3.36. The lowest BCUT2D eigenvalue weighted by atomic mass is 10.2. The summed E-state index contributed by atoms with van der Waals surface area (Å²) in [4.78, 5) is 18.1. The number of aromatic nitrogens is 1. The Morgan fingerprint density at radius 1 is 1.25 bits per heavy atom. The molecule has 0 aliphatic heterocycles. The lowest BCUT2D eigenvalue weighted by Crippen LogP contribution is -2.35. The lowest BCUT2D eigenvalue weighted by Gasteiger charge is -2.22. The first kappa shape index (κ1) is 17.3.